The second kappa shape index (κ2) is 9.54. The number of hydrogen-bond donors (Lipinski definition) is 5. The number of ether oxygens (including phenoxy) is 1. The largest absolute Gasteiger partial charge is 0.470 e. The minimum absolute atomic E-state index is 0.0317. The number of anilines is 1. The molecule has 1 aromatic carbocycles. The van der Waals surface area contributed by atoms with Crippen LogP contribution in [-0.2, 0) is 6.61 Å². The fraction of sp³-hybridized carbons (Fsp3) is 0.429. The van der Waals surface area contributed by atoms with Crippen molar-refractivity contribution in [3.8, 4) is 5.88 Å². The summed E-state index contributed by atoms with van der Waals surface area (Å²) in [6.45, 7) is 4.10. The molecule has 0 saturated carbocycles. The second-order valence-electron chi connectivity index (χ2n) is 7.80. The minimum Gasteiger partial charge on any atom is -0.470 e. The Balaban J connectivity index is 1.80. The van der Waals surface area contributed by atoms with Crippen LogP contribution in [0.3, 0.4) is 0 Å². The lowest BCUT2D eigenvalue weighted by molar-refractivity contribution is 0.0342. The maximum atomic E-state index is 12.5. The molecule has 8 nitrogen and oxygen atoms in total. The Morgan fingerprint density at radius 1 is 1.23 bits per heavy atom. The van der Waals surface area contributed by atoms with Crippen molar-refractivity contribution in [2.24, 2.45) is 0 Å². The Morgan fingerprint density at radius 2 is 1.94 bits per heavy atom. The van der Waals surface area contributed by atoms with Gasteiger partial charge in [0.25, 0.3) is 6.43 Å². The highest BCUT2D eigenvalue weighted by molar-refractivity contribution is 5.88. The van der Waals surface area contributed by atoms with E-state index in [0.29, 0.717) is 16.7 Å². The number of alkyl halides is 2. The molecule has 0 aliphatic heterocycles. The number of aliphatic hydroxyl groups excluding tert-OH is 1. The van der Waals surface area contributed by atoms with Crippen molar-refractivity contribution in [1.29, 1.82) is 0 Å². The van der Waals surface area contributed by atoms with E-state index in [0.717, 1.165) is 5.56 Å². The summed E-state index contributed by atoms with van der Waals surface area (Å²) in [5.74, 6) is 0.402. The van der Waals surface area contributed by atoms with Crippen LogP contribution in [0.25, 0.3) is 10.9 Å². The van der Waals surface area contributed by atoms with Crippen molar-refractivity contribution in [2.75, 3.05) is 11.9 Å². The number of aromatic nitrogens is 3. The third kappa shape index (κ3) is 5.66. The smallest absolute Gasteiger partial charge is 0.272 e. The van der Waals surface area contributed by atoms with Crippen molar-refractivity contribution in [1.82, 2.24) is 20.5 Å². The highest BCUT2D eigenvalue weighted by atomic mass is 19.3. The summed E-state index contributed by atoms with van der Waals surface area (Å²) in [4.78, 5) is 4.37. The molecule has 31 heavy (non-hydrogen) atoms. The molecule has 0 bridgehead atoms. The molecule has 0 radical (unpaired) electrons. The van der Waals surface area contributed by atoms with Gasteiger partial charge in [0.2, 0.25) is 5.88 Å². The zero-order chi connectivity index (χ0) is 22.6. The van der Waals surface area contributed by atoms with Crippen molar-refractivity contribution >= 4 is 16.7 Å². The Bertz CT molecular complexity index is 992. The highest BCUT2D eigenvalue weighted by Gasteiger charge is 2.29. The summed E-state index contributed by atoms with van der Waals surface area (Å²) in [5.41, 5.74) is 0.621. The van der Waals surface area contributed by atoms with Gasteiger partial charge >= 0.3 is 0 Å². The number of pyridine rings is 1. The molecular formula is C21H27F2N5O3. The summed E-state index contributed by atoms with van der Waals surface area (Å²) in [6, 6.07) is 10.9. The Hall–Kier alpha value is -2.82. The molecule has 1 unspecified atom stereocenters. The van der Waals surface area contributed by atoms with E-state index in [1.54, 1.807) is 19.9 Å². The van der Waals surface area contributed by atoms with Crippen molar-refractivity contribution < 1.29 is 23.7 Å². The number of halogens is 2. The predicted molar refractivity (Wildman–Crippen MR) is 113 cm³/mol. The number of hydrogen-bond acceptors (Lipinski definition) is 7. The van der Waals surface area contributed by atoms with Crippen molar-refractivity contribution in [3.05, 3.63) is 47.7 Å². The first-order valence-electron chi connectivity index (χ1n) is 9.88. The molecule has 5 N–H and O–H groups in total. The van der Waals surface area contributed by atoms with Gasteiger partial charge in [-0.2, -0.15) is 0 Å². The summed E-state index contributed by atoms with van der Waals surface area (Å²) in [6.07, 6.45) is -2.95. The van der Waals surface area contributed by atoms with Crippen LogP contribution >= 0.6 is 0 Å². The van der Waals surface area contributed by atoms with E-state index in [4.69, 9.17) is 4.74 Å². The Labute approximate surface area is 178 Å². The first-order chi connectivity index (χ1) is 14.7. The molecular weight excluding hydrogens is 408 g/mol. The van der Waals surface area contributed by atoms with E-state index in [1.165, 1.54) is 0 Å². The third-order valence-electron chi connectivity index (χ3n) is 4.70. The monoisotopic (exact) mass is 435 g/mol. The van der Waals surface area contributed by atoms with Gasteiger partial charge in [0.1, 0.15) is 5.82 Å². The number of H-pyrrole nitrogens is 1. The topological polar surface area (TPSA) is 115 Å². The van der Waals surface area contributed by atoms with E-state index in [9.17, 15) is 19.0 Å². The molecule has 10 heteroatoms. The average Bonchev–Trinajstić information content (AvgIpc) is 3.12. The zero-order valence-corrected chi connectivity index (χ0v) is 17.6. The zero-order valence-electron chi connectivity index (χ0n) is 17.6. The minimum atomic E-state index is -2.64. The maximum absolute atomic E-state index is 12.5. The molecule has 0 saturated heterocycles. The van der Waals surface area contributed by atoms with Crippen molar-refractivity contribution in [3.63, 3.8) is 0 Å². The van der Waals surface area contributed by atoms with Crippen LogP contribution in [0, 0.1) is 0 Å². The molecule has 2 aromatic heterocycles. The number of rotatable bonds is 10. The Morgan fingerprint density at radius 3 is 2.55 bits per heavy atom. The van der Waals surface area contributed by atoms with Crippen LogP contribution in [0.1, 0.15) is 38.1 Å². The number of aromatic amines is 1. The average molecular weight is 435 g/mol. The first kappa shape index (κ1) is 22.9. The van der Waals surface area contributed by atoms with Gasteiger partial charge in [0.05, 0.1) is 41.0 Å². The summed E-state index contributed by atoms with van der Waals surface area (Å²) < 4.78 is 29.9. The predicted octanol–water partition coefficient (Wildman–Crippen LogP) is 2.95. The number of aliphatic hydroxyl groups is 2. The van der Waals surface area contributed by atoms with E-state index < -0.39 is 25.2 Å². The van der Waals surface area contributed by atoms with Gasteiger partial charge < -0.3 is 20.3 Å². The van der Waals surface area contributed by atoms with Gasteiger partial charge in [-0.3, -0.25) is 10.4 Å². The molecule has 2 atom stereocenters. The molecule has 0 spiro atoms. The molecule has 3 aromatic rings. The van der Waals surface area contributed by atoms with E-state index in [-0.39, 0.29) is 23.8 Å². The standard InChI is InChI=1S/C21H27F2N5O3/c1-12(25-19(21(2,3)30)13-7-5-4-6-8-13)24-17-9-14-18(15(10-29)26-17)20(28-27-14)31-11-16(22)23/h4-9,12,16,19,25,29-30H,10-11H2,1-3H3,(H,24,26)(H,27,28)/t12?,19-/m0/s1. The fourth-order valence-corrected chi connectivity index (χ4v) is 3.39. The molecule has 0 aliphatic rings. The highest BCUT2D eigenvalue weighted by Crippen LogP contribution is 2.29. The van der Waals surface area contributed by atoms with Crippen molar-refractivity contribution in [2.45, 2.75) is 51.6 Å². The maximum Gasteiger partial charge on any atom is 0.272 e. The van der Waals surface area contributed by atoms with Gasteiger partial charge in [-0.1, -0.05) is 30.3 Å². The molecule has 3 rings (SSSR count). The van der Waals surface area contributed by atoms with Crippen LogP contribution in [0.4, 0.5) is 14.6 Å². The van der Waals surface area contributed by atoms with Gasteiger partial charge in [-0.25, -0.2) is 13.8 Å². The van der Waals surface area contributed by atoms with Crippen LogP contribution in [-0.4, -0.2) is 50.2 Å². The lowest BCUT2D eigenvalue weighted by Crippen LogP contribution is -2.46. The summed E-state index contributed by atoms with van der Waals surface area (Å²) >= 11 is 0. The van der Waals surface area contributed by atoms with E-state index >= 15 is 0 Å². The number of benzene rings is 1. The molecule has 0 aliphatic carbocycles. The lowest BCUT2D eigenvalue weighted by atomic mass is 9.91. The SMILES string of the molecule is CC(Nc1cc2[nH]nc(OCC(F)F)c2c(CO)n1)N[C@@H](c1ccccc1)C(C)(C)O. The number of nitrogens with zero attached hydrogens (tertiary/aromatic N) is 2. The van der Waals surface area contributed by atoms with Crippen LogP contribution in [0.2, 0.25) is 0 Å². The fourth-order valence-electron chi connectivity index (χ4n) is 3.39. The third-order valence-corrected chi connectivity index (χ3v) is 4.70. The van der Waals surface area contributed by atoms with Gasteiger partial charge in [-0.05, 0) is 26.3 Å². The Kier molecular flexibility index (Phi) is 7.04. The number of nitrogens with one attached hydrogen (secondary N) is 3. The van der Waals surface area contributed by atoms with Gasteiger partial charge in [0.15, 0.2) is 6.61 Å². The van der Waals surface area contributed by atoms with Crippen LogP contribution in [0.15, 0.2) is 36.4 Å². The molecule has 0 fully saturated rings. The van der Waals surface area contributed by atoms with E-state index in [1.807, 2.05) is 37.3 Å². The molecule has 2 heterocycles. The summed E-state index contributed by atoms with van der Waals surface area (Å²) in [7, 11) is 0. The lowest BCUT2D eigenvalue weighted by Gasteiger charge is -2.33. The quantitative estimate of drug-likeness (QED) is 0.311. The molecule has 168 valence electrons. The molecule has 0 amide bonds. The van der Waals surface area contributed by atoms with E-state index in [2.05, 4.69) is 25.8 Å². The first-order valence-corrected chi connectivity index (χ1v) is 9.88. The van der Waals surface area contributed by atoms with Crippen LogP contribution in [0.5, 0.6) is 5.88 Å². The van der Waals surface area contributed by atoms with Gasteiger partial charge in [-0.15, -0.1) is 5.10 Å². The van der Waals surface area contributed by atoms with Gasteiger partial charge in [0, 0.05) is 6.07 Å². The number of fused-ring (bicyclic) bond motifs is 1. The summed E-state index contributed by atoms with van der Waals surface area (Å²) in [5, 5.41) is 33.9. The second-order valence-corrected chi connectivity index (χ2v) is 7.80. The van der Waals surface area contributed by atoms with Crippen LogP contribution < -0.4 is 15.4 Å². The normalized spacial score (nSPS) is 14.1.